The van der Waals surface area contributed by atoms with Gasteiger partial charge in [0.05, 0.1) is 17.6 Å². The number of hydrogen-bond acceptors (Lipinski definition) is 3. The molecule has 2 aromatic rings. The van der Waals surface area contributed by atoms with E-state index >= 15 is 0 Å². The number of halogens is 1. The molecule has 0 saturated heterocycles. The molecule has 2 rings (SSSR count). The number of para-hydroxylation sites is 1. The number of thiazole rings is 1. The molecular formula is C11H9FN2OS. The lowest BCUT2D eigenvalue weighted by molar-refractivity contribution is -0.115. The molecule has 0 aliphatic rings. The summed E-state index contributed by atoms with van der Waals surface area (Å²) in [6, 6.07) is 6.09. The van der Waals surface area contributed by atoms with E-state index in [1.54, 1.807) is 23.8 Å². The third-order valence-corrected chi connectivity index (χ3v) is 2.75. The molecule has 0 atom stereocenters. The fourth-order valence-corrected chi connectivity index (χ4v) is 1.84. The van der Waals surface area contributed by atoms with E-state index in [2.05, 4.69) is 10.3 Å². The molecule has 0 bridgehead atoms. The van der Waals surface area contributed by atoms with Crippen molar-refractivity contribution in [2.45, 2.75) is 6.42 Å². The van der Waals surface area contributed by atoms with Crippen LogP contribution in [0.3, 0.4) is 0 Å². The van der Waals surface area contributed by atoms with Crippen LogP contribution in [0.4, 0.5) is 10.1 Å². The van der Waals surface area contributed by atoms with Gasteiger partial charge in [0.15, 0.2) is 0 Å². The molecule has 0 saturated carbocycles. The van der Waals surface area contributed by atoms with Crippen LogP contribution in [0.2, 0.25) is 0 Å². The number of rotatable bonds is 3. The van der Waals surface area contributed by atoms with E-state index in [9.17, 15) is 9.18 Å². The second-order valence-electron chi connectivity index (χ2n) is 3.17. The number of benzene rings is 1. The normalized spacial score (nSPS) is 10.1. The van der Waals surface area contributed by atoms with Gasteiger partial charge in [-0.05, 0) is 12.1 Å². The zero-order valence-corrected chi connectivity index (χ0v) is 9.13. The zero-order chi connectivity index (χ0) is 11.4. The van der Waals surface area contributed by atoms with E-state index in [1.165, 1.54) is 23.5 Å². The van der Waals surface area contributed by atoms with Crippen LogP contribution in [0.5, 0.6) is 0 Å². The summed E-state index contributed by atoms with van der Waals surface area (Å²) in [5.41, 5.74) is 1.86. The number of amides is 1. The van der Waals surface area contributed by atoms with Gasteiger partial charge in [0.2, 0.25) is 5.91 Å². The lowest BCUT2D eigenvalue weighted by Gasteiger charge is -2.04. The number of aromatic nitrogens is 1. The van der Waals surface area contributed by atoms with E-state index in [0.717, 1.165) is 4.88 Å². The van der Waals surface area contributed by atoms with Crippen LogP contribution in [0.15, 0.2) is 36.0 Å². The minimum atomic E-state index is -0.430. The molecule has 1 aromatic carbocycles. The number of carbonyl (C=O) groups is 1. The first-order valence-electron chi connectivity index (χ1n) is 4.67. The lowest BCUT2D eigenvalue weighted by atomic mass is 10.3. The van der Waals surface area contributed by atoms with Crippen molar-refractivity contribution in [3.05, 3.63) is 46.7 Å². The molecule has 1 amide bonds. The molecule has 0 spiro atoms. The maximum absolute atomic E-state index is 13.2. The maximum atomic E-state index is 13.2. The van der Waals surface area contributed by atoms with Crippen LogP contribution in [0, 0.1) is 5.82 Å². The van der Waals surface area contributed by atoms with E-state index < -0.39 is 5.82 Å². The van der Waals surface area contributed by atoms with Gasteiger partial charge in [0.25, 0.3) is 0 Å². The molecule has 5 heteroatoms. The minimum absolute atomic E-state index is 0.206. The van der Waals surface area contributed by atoms with Crippen molar-refractivity contribution in [3.8, 4) is 0 Å². The molecule has 1 aromatic heterocycles. The standard InChI is InChI=1S/C11H9FN2OS/c12-9-3-1-2-4-10(9)14-11(15)5-8-6-13-7-16-8/h1-4,6-7H,5H2,(H,14,15). The van der Waals surface area contributed by atoms with Crippen LogP contribution >= 0.6 is 11.3 Å². The first-order chi connectivity index (χ1) is 7.75. The molecular weight excluding hydrogens is 227 g/mol. The van der Waals surface area contributed by atoms with Crippen molar-refractivity contribution in [2.24, 2.45) is 0 Å². The van der Waals surface area contributed by atoms with Gasteiger partial charge in [-0.2, -0.15) is 0 Å². The summed E-state index contributed by atoms with van der Waals surface area (Å²) >= 11 is 1.40. The summed E-state index contributed by atoms with van der Waals surface area (Å²) in [5.74, 6) is -0.672. The van der Waals surface area contributed by atoms with Crippen molar-refractivity contribution in [3.63, 3.8) is 0 Å². The van der Waals surface area contributed by atoms with E-state index in [-0.39, 0.29) is 18.0 Å². The predicted octanol–water partition coefficient (Wildman–Crippen LogP) is 2.46. The van der Waals surface area contributed by atoms with Gasteiger partial charge in [-0.3, -0.25) is 9.78 Å². The van der Waals surface area contributed by atoms with E-state index in [0.29, 0.717) is 0 Å². The summed E-state index contributed by atoms with van der Waals surface area (Å²) in [4.78, 5) is 16.3. The average molecular weight is 236 g/mol. The third-order valence-electron chi connectivity index (χ3n) is 1.97. The molecule has 0 radical (unpaired) electrons. The molecule has 16 heavy (non-hydrogen) atoms. The summed E-state index contributed by atoms with van der Waals surface area (Å²) in [5, 5.41) is 2.51. The van der Waals surface area contributed by atoms with Crippen LogP contribution in [0.1, 0.15) is 4.88 Å². The largest absolute Gasteiger partial charge is 0.323 e. The highest BCUT2D eigenvalue weighted by Crippen LogP contribution is 2.13. The van der Waals surface area contributed by atoms with Crippen molar-refractivity contribution >= 4 is 22.9 Å². The zero-order valence-electron chi connectivity index (χ0n) is 8.31. The quantitative estimate of drug-likeness (QED) is 0.889. The van der Waals surface area contributed by atoms with Crippen molar-refractivity contribution in [1.29, 1.82) is 0 Å². The molecule has 0 fully saturated rings. The summed E-state index contributed by atoms with van der Waals surface area (Å²) < 4.78 is 13.2. The van der Waals surface area contributed by atoms with Gasteiger partial charge in [0.1, 0.15) is 5.82 Å². The van der Waals surface area contributed by atoms with Crippen molar-refractivity contribution in [2.75, 3.05) is 5.32 Å². The van der Waals surface area contributed by atoms with Crippen LogP contribution < -0.4 is 5.32 Å². The fraction of sp³-hybridized carbons (Fsp3) is 0.0909. The first-order valence-corrected chi connectivity index (χ1v) is 5.55. The molecule has 3 nitrogen and oxygen atoms in total. The highest BCUT2D eigenvalue weighted by atomic mass is 32.1. The lowest BCUT2D eigenvalue weighted by Crippen LogP contribution is -2.14. The second-order valence-corrected chi connectivity index (χ2v) is 4.14. The predicted molar refractivity (Wildman–Crippen MR) is 60.8 cm³/mol. The Morgan fingerprint density at radius 2 is 2.25 bits per heavy atom. The molecule has 0 aliphatic carbocycles. The van der Waals surface area contributed by atoms with Gasteiger partial charge < -0.3 is 5.32 Å². The van der Waals surface area contributed by atoms with Gasteiger partial charge in [-0.15, -0.1) is 11.3 Å². The molecule has 1 N–H and O–H groups in total. The summed E-state index contributed by atoms with van der Waals surface area (Å²) in [6.07, 6.45) is 1.85. The average Bonchev–Trinajstić information content (AvgIpc) is 2.74. The number of hydrogen-bond donors (Lipinski definition) is 1. The van der Waals surface area contributed by atoms with E-state index in [1.807, 2.05) is 0 Å². The fourth-order valence-electron chi connectivity index (χ4n) is 1.24. The number of nitrogens with zero attached hydrogens (tertiary/aromatic N) is 1. The van der Waals surface area contributed by atoms with Crippen LogP contribution in [-0.2, 0) is 11.2 Å². The molecule has 82 valence electrons. The Morgan fingerprint density at radius 1 is 1.44 bits per heavy atom. The van der Waals surface area contributed by atoms with Crippen molar-refractivity contribution < 1.29 is 9.18 Å². The first kappa shape index (κ1) is 10.8. The number of anilines is 1. The minimum Gasteiger partial charge on any atom is -0.323 e. The Morgan fingerprint density at radius 3 is 2.94 bits per heavy atom. The Bertz CT molecular complexity index is 484. The Balaban J connectivity index is 2.00. The smallest absolute Gasteiger partial charge is 0.229 e. The van der Waals surface area contributed by atoms with Gasteiger partial charge >= 0.3 is 0 Å². The summed E-state index contributed by atoms with van der Waals surface area (Å²) in [7, 11) is 0. The van der Waals surface area contributed by atoms with Crippen molar-refractivity contribution in [1.82, 2.24) is 4.98 Å². The molecule has 1 heterocycles. The van der Waals surface area contributed by atoms with Gasteiger partial charge in [-0.25, -0.2) is 4.39 Å². The number of carbonyl (C=O) groups excluding carboxylic acids is 1. The highest BCUT2D eigenvalue weighted by molar-refractivity contribution is 7.09. The maximum Gasteiger partial charge on any atom is 0.229 e. The molecule has 0 aliphatic heterocycles. The third kappa shape index (κ3) is 2.64. The van der Waals surface area contributed by atoms with Gasteiger partial charge in [-0.1, -0.05) is 12.1 Å². The van der Waals surface area contributed by atoms with Crippen LogP contribution in [-0.4, -0.2) is 10.9 Å². The topological polar surface area (TPSA) is 42.0 Å². The Hall–Kier alpha value is -1.75. The Kier molecular flexibility index (Phi) is 3.26. The second kappa shape index (κ2) is 4.85. The molecule has 0 unspecified atom stereocenters. The monoisotopic (exact) mass is 236 g/mol. The van der Waals surface area contributed by atoms with E-state index in [4.69, 9.17) is 0 Å². The van der Waals surface area contributed by atoms with Crippen LogP contribution in [0.25, 0.3) is 0 Å². The Labute approximate surface area is 96.0 Å². The highest BCUT2D eigenvalue weighted by Gasteiger charge is 2.07. The SMILES string of the molecule is O=C(Cc1cncs1)Nc1ccccc1F. The summed E-state index contributed by atoms with van der Waals surface area (Å²) in [6.45, 7) is 0. The number of nitrogens with one attached hydrogen (secondary N) is 1. The van der Waals surface area contributed by atoms with Gasteiger partial charge in [0, 0.05) is 11.1 Å².